The maximum absolute atomic E-state index is 12.7. The number of amides is 3. The van der Waals surface area contributed by atoms with Crippen molar-refractivity contribution in [2.24, 2.45) is 11.7 Å². The fourth-order valence-electron chi connectivity index (χ4n) is 3.18. The summed E-state index contributed by atoms with van der Waals surface area (Å²) in [4.78, 5) is 51.2. The second-order valence-electron chi connectivity index (χ2n) is 7.37. The van der Waals surface area contributed by atoms with Crippen molar-refractivity contribution in [2.75, 3.05) is 13.1 Å². The molecule has 2 aromatic rings. The van der Waals surface area contributed by atoms with Crippen molar-refractivity contribution >= 4 is 34.6 Å². The number of carbonyl (C=O) groups excluding carboxylic acids is 3. The van der Waals surface area contributed by atoms with Crippen LogP contribution < -0.4 is 21.7 Å². The summed E-state index contributed by atoms with van der Waals surface area (Å²) < 4.78 is 0. The molecule has 0 radical (unpaired) electrons. The summed E-state index contributed by atoms with van der Waals surface area (Å²) in [6.07, 6.45) is 2.52. The summed E-state index contributed by atoms with van der Waals surface area (Å²) in [5.74, 6) is -3.11. The predicted molar refractivity (Wildman–Crippen MR) is 115 cm³/mol. The predicted octanol–water partition coefficient (Wildman–Crippen LogP) is -0.114. The van der Waals surface area contributed by atoms with Crippen LogP contribution in [-0.4, -0.2) is 59.0 Å². The minimum absolute atomic E-state index is 0.188. The molecule has 7 N–H and O–H groups in total. The maximum Gasteiger partial charge on any atom is 0.326 e. The quantitative estimate of drug-likeness (QED) is 0.290. The molecule has 0 aliphatic heterocycles. The van der Waals surface area contributed by atoms with Gasteiger partial charge < -0.3 is 31.8 Å². The van der Waals surface area contributed by atoms with E-state index in [0.29, 0.717) is 6.42 Å². The third-order valence-corrected chi connectivity index (χ3v) is 5.15. The van der Waals surface area contributed by atoms with E-state index in [1.54, 1.807) is 13.1 Å². The SMILES string of the molecule is CCC(C)C(NC(=O)CNC(=O)C(Cc1c[nH]c2ccccc12)NC(=O)CN)C(=O)O. The highest BCUT2D eigenvalue weighted by Gasteiger charge is 2.26. The van der Waals surface area contributed by atoms with E-state index in [1.165, 1.54) is 0 Å². The van der Waals surface area contributed by atoms with E-state index in [0.717, 1.165) is 16.5 Å². The van der Waals surface area contributed by atoms with E-state index in [-0.39, 0.29) is 18.9 Å². The van der Waals surface area contributed by atoms with Crippen LogP contribution in [-0.2, 0) is 25.6 Å². The van der Waals surface area contributed by atoms with Crippen molar-refractivity contribution in [1.29, 1.82) is 0 Å². The van der Waals surface area contributed by atoms with Crippen molar-refractivity contribution in [1.82, 2.24) is 20.9 Å². The Morgan fingerprint density at radius 1 is 1.13 bits per heavy atom. The average molecular weight is 431 g/mol. The second-order valence-corrected chi connectivity index (χ2v) is 7.37. The van der Waals surface area contributed by atoms with Gasteiger partial charge in [-0.3, -0.25) is 14.4 Å². The van der Waals surface area contributed by atoms with Crippen LogP contribution in [0.3, 0.4) is 0 Å². The van der Waals surface area contributed by atoms with Crippen LogP contribution in [0.4, 0.5) is 0 Å². The fourth-order valence-corrected chi connectivity index (χ4v) is 3.18. The van der Waals surface area contributed by atoms with Gasteiger partial charge in [-0.25, -0.2) is 4.79 Å². The molecule has 2 rings (SSSR count). The molecule has 168 valence electrons. The molecule has 3 atom stereocenters. The van der Waals surface area contributed by atoms with Crippen LogP contribution in [0.1, 0.15) is 25.8 Å². The fraction of sp³-hybridized carbons (Fsp3) is 0.429. The first-order valence-electron chi connectivity index (χ1n) is 10.1. The van der Waals surface area contributed by atoms with E-state index >= 15 is 0 Å². The van der Waals surface area contributed by atoms with Crippen LogP contribution in [0.5, 0.6) is 0 Å². The summed E-state index contributed by atoms with van der Waals surface area (Å²) in [5.41, 5.74) is 7.08. The number of carboxylic acid groups (broad SMARTS) is 1. The standard InChI is InChI=1S/C21H29N5O5/c1-3-12(2)19(21(30)31)26-18(28)11-24-20(29)16(25-17(27)9-22)8-13-10-23-15-7-5-4-6-14(13)15/h4-7,10,12,16,19,23H,3,8-9,11,22H2,1-2H3,(H,24,29)(H,25,27)(H,26,28)(H,30,31). The molecule has 0 bridgehead atoms. The zero-order valence-electron chi connectivity index (χ0n) is 17.6. The number of hydrogen-bond donors (Lipinski definition) is 6. The van der Waals surface area contributed by atoms with E-state index in [2.05, 4.69) is 20.9 Å². The second kappa shape index (κ2) is 11.1. The van der Waals surface area contributed by atoms with E-state index < -0.39 is 42.3 Å². The number of H-pyrrole nitrogens is 1. The summed E-state index contributed by atoms with van der Waals surface area (Å²) in [6, 6.07) is 5.54. The van der Waals surface area contributed by atoms with Gasteiger partial charge in [-0.1, -0.05) is 38.5 Å². The highest BCUT2D eigenvalue weighted by atomic mass is 16.4. The molecule has 3 unspecified atom stereocenters. The van der Waals surface area contributed by atoms with Gasteiger partial charge in [0.15, 0.2) is 0 Å². The van der Waals surface area contributed by atoms with Gasteiger partial charge in [0.1, 0.15) is 12.1 Å². The van der Waals surface area contributed by atoms with Crippen LogP contribution in [0, 0.1) is 5.92 Å². The smallest absolute Gasteiger partial charge is 0.326 e. The van der Waals surface area contributed by atoms with Crippen LogP contribution in [0.25, 0.3) is 10.9 Å². The van der Waals surface area contributed by atoms with Crippen LogP contribution in [0.2, 0.25) is 0 Å². The molecule has 31 heavy (non-hydrogen) atoms. The Morgan fingerprint density at radius 3 is 2.48 bits per heavy atom. The number of aliphatic carboxylic acids is 1. The number of carbonyl (C=O) groups is 4. The minimum atomic E-state index is -1.14. The molecule has 0 saturated carbocycles. The largest absolute Gasteiger partial charge is 0.480 e. The van der Waals surface area contributed by atoms with Crippen LogP contribution >= 0.6 is 0 Å². The number of benzene rings is 1. The first kappa shape index (κ1) is 23.9. The molecule has 0 saturated heterocycles. The summed E-state index contributed by atoms with van der Waals surface area (Å²) in [7, 11) is 0. The molecule has 0 aliphatic carbocycles. The first-order valence-corrected chi connectivity index (χ1v) is 10.1. The van der Waals surface area contributed by atoms with Gasteiger partial charge in [-0.15, -0.1) is 0 Å². The van der Waals surface area contributed by atoms with Gasteiger partial charge in [0, 0.05) is 23.5 Å². The molecular weight excluding hydrogens is 402 g/mol. The van der Waals surface area contributed by atoms with Gasteiger partial charge >= 0.3 is 5.97 Å². The normalized spacial score (nSPS) is 13.8. The molecule has 3 amide bonds. The van der Waals surface area contributed by atoms with E-state index in [4.69, 9.17) is 5.73 Å². The summed E-state index contributed by atoms with van der Waals surface area (Å²) in [6.45, 7) is 2.84. The zero-order valence-corrected chi connectivity index (χ0v) is 17.6. The van der Waals surface area contributed by atoms with Crippen molar-refractivity contribution in [3.8, 4) is 0 Å². The van der Waals surface area contributed by atoms with Crippen molar-refractivity contribution < 1.29 is 24.3 Å². The lowest BCUT2D eigenvalue weighted by Gasteiger charge is -2.21. The van der Waals surface area contributed by atoms with Crippen molar-refractivity contribution in [3.05, 3.63) is 36.0 Å². The molecule has 1 aromatic heterocycles. The van der Waals surface area contributed by atoms with Gasteiger partial charge in [0.05, 0.1) is 13.1 Å². The number of carboxylic acids is 1. The number of aromatic nitrogens is 1. The maximum atomic E-state index is 12.7. The van der Waals surface area contributed by atoms with Crippen molar-refractivity contribution in [3.63, 3.8) is 0 Å². The molecule has 0 spiro atoms. The highest BCUT2D eigenvalue weighted by molar-refractivity contribution is 5.93. The monoisotopic (exact) mass is 431 g/mol. The van der Waals surface area contributed by atoms with Crippen molar-refractivity contribution in [2.45, 2.75) is 38.8 Å². The Morgan fingerprint density at radius 2 is 1.84 bits per heavy atom. The number of nitrogens with two attached hydrogens (primary N) is 1. The topological polar surface area (TPSA) is 166 Å². The zero-order chi connectivity index (χ0) is 23.0. The number of aromatic amines is 1. The molecule has 10 heteroatoms. The number of nitrogens with one attached hydrogen (secondary N) is 4. The third-order valence-electron chi connectivity index (χ3n) is 5.15. The Kier molecular flexibility index (Phi) is 8.56. The van der Waals surface area contributed by atoms with E-state index in [9.17, 15) is 24.3 Å². The average Bonchev–Trinajstić information content (AvgIpc) is 3.17. The highest BCUT2D eigenvalue weighted by Crippen LogP contribution is 2.19. The summed E-state index contributed by atoms with van der Waals surface area (Å²) in [5, 5.41) is 17.6. The third kappa shape index (κ3) is 6.54. The molecular formula is C21H29N5O5. The Labute approximate surface area is 179 Å². The van der Waals surface area contributed by atoms with Gasteiger partial charge in [0.25, 0.3) is 0 Å². The number of para-hydroxylation sites is 1. The summed E-state index contributed by atoms with van der Waals surface area (Å²) >= 11 is 0. The lowest BCUT2D eigenvalue weighted by atomic mass is 9.99. The molecule has 0 aliphatic rings. The lowest BCUT2D eigenvalue weighted by molar-refractivity contribution is -0.143. The van der Waals surface area contributed by atoms with E-state index in [1.807, 2.05) is 31.2 Å². The number of rotatable bonds is 11. The molecule has 1 heterocycles. The number of fused-ring (bicyclic) bond motifs is 1. The first-order chi connectivity index (χ1) is 14.8. The Bertz CT molecular complexity index is 941. The molecule has 1 aromatic carbocycles. The van der Waals surface area contributed by atoms with Gasteiger partial charge in [-0.05, 0) is 17.5 Å². The molecule has 0 fully saturated rings. The van der Waals surface area contributed by atoms with Crippen LogP contribution in [0.15, 0.2) is 30.5 Å². The van der Waals surface area contributed by atoms with Gasteiger partial charge in [-0.2, -0.15) is 0 Å². The Hall–Kier alpha value is -3.40. The minimum Gasteiger partial charge on any atom is -0.480 e. The lowest BCUT2D eigenvalue weighted by Crippen LogP contribution is -2.53. The Balaban J connectivity index is 2.05. The number of hydrogen-bond acceptors (Lipinski definition) is 5. The molecule has 10 nitrogen and oxygen atoms in total. The van der Waals surface area contributed by atoms with Gasteiger partial charge in [0.2, 0.25) is 17.7 Å².